The van der Waals surface area contributed by atoms with Gasteiger partial charge in [0.25, 0.3) is 5.91 Å². The molecule has 8 nitrogen and oxygen atoms in total. The summed E-state index contributed by atoms with van der Waals surface area (Å²) in [7, 11) is -3.54. The van der Waals surface area contributed by atoms with Gasteiger partial charge in [-0.1, -0.05) is 12.1 Å². The van der Waals surface area contributed by atoms with Gasteiger partial charge < -0.3 is 19.7 Å². The number of rotatable bonds is 2. The summed E-state index contributed by atoms with van der Waals surface area (Å²) >= 11 is 0. The summed E-state index contributed by atoms with van der Waals surface area (Å²) < 4.78 is 39.0. The molecular weight excluding hydrogens is 406 g/mol. The minimum Gasteiger partial charge on any atom is -0.486 e. The van der Waals surface area contributed by atoms with E-state index in [0.29, 0.717) is 61.9 Å². The molecule has 2 aromatic carbocycles. The van der Waals surface area contributed by atoms with E-state index in [9.17, 15) is 13.2 Å². The molecule has 2 aromatic rings. The van der Waals surface area contributed by atoms with Crippen molar-refractivity contribution in [1.82, 2.24) is 9.62 Å². The predicted octanol–water partition coefficient (Wildman–Crippen LogP) is 2.04. The van der Waals surface area contributed by atoms with Gasteiger partial charge in [0, 0.05) is 18.7 Å². The summed E-state index contributed by atoms with van der Waals surface area (Å²) in [6, 6.07) is 12.2. The van der Waals surface area contributed by atoms with Gasteiger partial charge in [-0.2, -0.15) is 4.72 Å². The molecule has 0 unspecified atom stereocenters. The van der Waals surface area contributed by atoms with Crippen molar-refractivity contribution in [2.24, 2.45) is 5.92 Å². The fraction of sp³-hybridized carbons (Fsp3) is 0.381. The van der Waals surface area contributed by atoms with Crippen molar-refractivity contribution in [3.05, 3.63) is 48.0 Å². The van der Waals surface area contributed by atoms with Gasteiger partial charge in [0.2, 0.25) is 10.0 Å². The largest absolute Gasteiger partial charge is 0.486 e. The molecule has 0 aliphatic carbocycles. The molecule has 30 heavy (non-hydrogen) atoms. The minimum atomic E-state index is -3.54. The van der Waals surface area contributed by atoms with E-state index in [2.05, 4.69) is 10.0 Å². The Morgan fingerprint density at radius 3 is 2.53 bits per heavy atom. The number of likely N-dealkylation sites (tertiary alicyclic amines) is 1. The number of nitrogens with zero attached hydrogens (tertiary/aromatic N) is 1. The second-order valence-corrected chi connectivity index (χ2v) is 9.41. The highest BCUT2D eigenvalue weighted by Crippen LogP contribution is 2.33. The molecule has 0 bridgehead atoms. The number of amides is 1. The zero-order valence-corrected chi connectivity index (χ0v) is 17.2. The molecule has 1 fully saturated rings. The van der Waals surface area contributed by atoms with Crippen molar-refractivity contribution in [3.63, 3.8) is 0 Å². The average molecular weight is 429 g/mol. The molecular formula is C21H23N3O5S. The Morgan fingerprint density at radius 1 is 1.00 bits per heavy atom. The van der Waals surface area contributed by atoms with Gasteiger partial charge in [0.05, 0.1) is 11.9 Å². The number of piperidine rings is 1. The standard InChI is InChI=1S/C21H23N3O5S/c25-21(15-5-6-17-18(13-15)29-12-11-28-17)24-9-7-14(8-10-24)20-22-16-3-1-2-4-19(16)30(26,27)23-20/h1-6,13-14,20,22-23H,7-12H2/t20-/m1/s1. The molecule has 3 heterocycles. The molecule has 0 saturated carbocycles. The molecule has 3 aliphatic rings. The van der Waals surface area contributed by atoms with Crippen molar-refractivity contribution in [2.75, 3.05) is 31.6 Å². The number of hydrogen-bond donors (Lipinski definition) is 2. The molecule has 9 heteroatoms. The van der Waals surface area contributed by atoms with Gasteiger partial charge >= 0.3 is 0 Å². The van der Waals surface area contributed by atoms with E-state index < -0.39 is 10.0 Å². The normalized spacial score (nSPS) is 22.7. The summed E-state index contributed by atoms with van der Waals surface area (Å²) in [5, 5.41) is 3.31. The number of carbonyl (C=O) groups excluding carboxylic acids is 1. The monoisotopic (exact) mass is 429 g/mol. The van der Waals surface area contributed by atoms with Gasteiger partial charge in [-0.15, -0.1) is 0 Å². The zero-order chi connectivity index (χ0) is 20.7. The van der Waals surface area contributed by atoms with E-state index in [-0.39, 0.29) is 22.9 Å². The molecule has 0 radical (unpaired) electrons. The van der Waals surface area contributed by atoms with E-state index in [4.69, 9.17) is 9.47 Å². The maximum Gasteiger partial charge on any atom is 0.253 e. The quantitative estimate of drug-likeness (QED) is 0.758. The SMILES string of the molecule is O=C(c1ccc2c(c1)OCCO2)N1CCC([C@@H]2Nc3ccccc3S(=O)(=O)N2)CC1. The Labute approximate surface area is 175 Å². The molecule has 1 saturated heterocycles. The fourth-order valence-corrected chi connectivity index (χ4v) is 5.64. The van der Waals surface area contributed by atoms with Gasteiger partial charge in [-0.3, -0.25) is 4.79 Å². The number of ether oxygens (including phenoxy) is 2. The van der Waals surface area contributed by atoms with Crippen molar-refractivity contribution in [1.29, 1.82) is 0 Å². The number of fused-ring (bicyclic) bond motifs is 2. The predicted molar refractivity (Wildman–Crippen MR) is 110 cm³/mol. The summed E-state index contributed by atoms with van der Waals surface area (Å²) in [4.78, 5) is 15.0. The van der Waals surface area contributed by atoms with Crippen LogP contribution >= 0.6 is 0 Å². The molecule has 3 aliphatic heterocycles. The van der Waals surface area contributed by atoms with E-state index in [1.165, 1.54) is 0 Å². The first-order valence-corrected chi connectivity index (χ1v) is 11.6. The second kappa shape index (κ2) is 7.48. The molecule has 158 valence electrons. The maximum atomic E-state index is 12.9. The second-order valence-electron chi connectivity index (χ2n) is 7.73. The smallest absolute Gasteiger partial charge is 0.253 e. The summed E-state index contributed by atoms with van der Waals surface area (Å²) in [5.41, 5.74) is 1.19. The molecule has 1 amide bonds. The van der Waals surface area contributed by atoms with Crippen LogP contribution in [0.2, 0.25) is 0 Å². The Kier molecular flexibility index (Phi) is 4.79. The lowest BCUT2D eigenvalue weighted by molar-refractivity contribution is 0.0678. The van der Waals surface area contributed by atoms with E-state index in [1.54, 1.807) is 36.4 Å². The van der Waals surface area contributed by atoms with Crippen LogP contribution in [-0.2, 0) is 10.0 Å². The van der Waals surface area contributed by atoms with Gasteiger partial charge in [-0.25, -0.2) is 8.42 Å². The van der Waals surface area contributed by atoms with Gasteiger partial charge in [-0.05, 0) is 49.1 Å². The zero-order valence-electron chi connectivity index (χ0n) is 16.3. The minimum absolute atomic E-state index is 0.0482. The number of benzene rings is 2. The number of sulfonamides is 1. The van der Waals surface area contributed by atoms with Crippen LogP contribution in [0.15, 0.2) is 47.4 Å². The number of nitrogens with one attached hydrogen (secondary N) is 2. The third-order valence-electron chi connectivity index (χ3n) is 5.86. The van der Waals surface area contributed by atoms with Gasteiger partial charge in [0.15, 0.2) is 11.5 Å². The highest BCUT2D eigenvalue weighted by atomic mass is 32.2. The van der Waals surface area contributed by atoms with E-state index in [0.717, 1.165) is 0 Å². The Balaban J connectivity index is 1.25. The molecule has 0 aromatic heterocycles. The number of para-hydroxylation sites is 1. The first-order valence-electron chi connectivity index (χ1n) is 10.1. The lowest BCUT2D eigenvalue weighted by Gasteiger charge is -2.39. The summed E-state index contributed by atoms with van der Waals surface area (Å²) in [6.45, 7) is 2.12. The van der Waals surface area contributed by atoms with Crippen LogP contribution < -0.4 is 19.5 Å². The Hall–Kier alpha value is -2.78. The first kappa shape index (κ1) is 19.2. The maximum absolute atomic E-state index is 12.9. The molecule has 5 rings (SSSR count). The summed E-state index contributed by atoms with van der Waals surface area (Å²) in [5.74, 6) is 1.30. The molecule has 1 atom stereocenters. The first-order chi connectivity index (χ1) is 14.5. The lowest BCUT2D eigenvalue weighted by atomic mass is 9.93. The number of carbonyl (C=O) groups is 1. The Morgan fingerprint density at radius 2 is 1.73 bits per heavy atom. The Bertz CT molecular complexity index is 1080. The third kappa shape index (κ3) is 3.48. The van der Waals surface area contributed by atoms with Crippen molar-refractivity contribution < 1.29 is 22.7 Å². The fourth-order valence-electron chi connectivity index (χ4n) is 4.26. The summed E-state index contributed by atoms with van der Waals surface area (Å²) in [6.07, 6.45) is 1.04. The van der Waals surface area contributed by atoms with Crippen molar-refractivity contribution >= 4 is 21.6 Å². The van der Waals surface area contributed by atoms with Gasteiger partial charge in [0.1, 0.15) is 18.1 Å². The topological polar surface area (TPSA) is 97.0 Å². The average Bonchev–Trinajstić information content (AvgIpc) is 2.78. The lowest BCUT2D eigenvalue weighted by Crippen LogP contribution is -2.52. The molecule has 2 N–H and O–H groups in total. The van der Waals surface area contributed by atoms with Crippen LogP contribution in [0, 0.1) is 5.92 Å². The van der Waals surface area contributed by atoms with E-state index >= 15 is 0 Å². The third-order valence-corrected chi connectivity index (χ3v) is 7.36. The van der Waals surface area contributed by atoms with E-state index in [1.807, 2.05) is 11.0 Å². The number of anilines is 1. The number of hydrogen-bond acceptors (Lipinski definition) is 6. The van der Waals surface area contributed by atoms with Crippen molar-refractivity contribution in [3.8, 4) is 11.5 Å². The molecule has 0 spiro atoms. The van der Waals surface area contributed by atoms with Crippen LogP contribution in [0.4, 0.5) is 5.69 Å². The van der Waals surface area contributed by atoms with Crippen molar-refractivity contribution in [2.45, 2.75) is 23.9 Å². The van der Waals surface area contributed by atoms with Crippen LogP contribution in [-0.4, -0.2) is 51.7 Å². The highest BCUT2D eigenvalue weighted by molar-refractivity contribution is 7.89. The van der Waals surface area contributed by atoms with Crippen LogP contribution in [0.25, 0.3) is 0 Å². The van der Waals surface area contributed by atoms with Crippen LogP contribution in [0.3, 0.4) is 0 Å². The highest BCUT2D eigenvalue weighted by Gasteiger charge is 2.36. The van der Waals surface area contributed by atoms with Crippen LogP contribution in [0.1, 0.15) is 23.2 Å². The van der Waals surface area contributed by atoms with Crippen LogP contribution in [0.5, 0.6) is 11.5 Å².